The number of carbonyl (C=O) groups excluding carboxylic acids is 1. The number of anilines is 2. The Balaban J connectivity index is 2.20. The summed E-state index contributed by atoms with van der Waals surface area (Å²) in [6.07, 6.45) is 1.65. The number of amides is 1. The third-order valence-electron chi connectivity index (χ3n) is 2.66. The second-order valence-corrected chi connectivity index (χ2v) is 4.40. The van der Waals surface area contributed by atoms with Gasteiger partial charge in [-0.2, -0.15) is 0 Å². The molecular weight excluding hydrogens is 254 g/mol. The number of rotatable bonds is 4. The first-order chi connectivity index (χ1) is 9.58. The van der Waals surface area contributed by atoms with E-state index in [0.717, 1.165) is 5.56 Å². The summed E-state index contributed by atoms with van der Waals surface area (Å²) in [6, 6.07) is 8.61. The second-order valence-electron chi connectivity index (χ2n) is 4.40. The quantitative estimate of drug-likeness (QED) is 0.838. The summed E-state index contributed by atoms with van der Waals surface area (Å²) >= 11 is 0. The fraction of sp³-hybridized carbons (Fsp3) is 0.200. The third-order valence-corrected chi connectivity index (χ3v) is 2.66. The zero-order chi connectivity index (χ0) is 14.5. The Morgan fingerprint density at radius 3 is 2.85 bits per heavy atom. The molecule has 1 amide bonds. The third kappa shape index (κ3) is 3.47. The van der Waals surface area contributed by atoms with E-state index in [1.807, 2.05) is 19.9 Å². The van der Waals surface area contributed by atoms with Crippen LogP contribution in [0.1, 0.15) is 22.8 Å². The molecule has 0 aliphatic heterocycles. The molecular formula is C15H17N3O2. The van der Waals surface area contributed by atoms with Crippen molar-refractivity contribution in [2.45, 2.75) is 13.8 Å². The van der Waals surface area contributed by atoms with Gasteiger partial charge in [-0.05, 0) is 43.7 Å². The number of aryl methyl sites for hydroxylation is 1. The number of pyridine rings is 1. The molecule has 0 spiro atoms. The number of benzene rings is 1. The highest BCUT2D eigenvalue weighted by Crippen LogP contribution is 2.20. The largest absolute Gasteiger partial charge is 0.494 e. The molecule has 0 aliphatic rings. The number of nitrogens with zero attached hydrogens (tertiary/aromatic N) is 1. The highest BCUT2D eigenvalue weighted by Gasteiger charge is 2.09. The molecule has 3 N–H and O–H groups in total. The number of hydrogen-bond donors (Lipinski definition) is 2. The van der Waals surface area contributed by atoms with Gasteiger partial charge in [-0.1, -0.05) is 0 Å². The van der Waals surface area contributed by atoms with Crippen LogP contribution in [-0.4, -0.2) is 17.5 Å². The molecule has 0 bridgehead atoms. The first-order valence-electron chi connectivity index (χ1n) is 6.36. The Morgan fingerprint density at radius 1 is 1.35 bits per heavy atom. The van der Waals surface area contributed by atoms with Crippen LogP contribution >= 0.6 is 0 Å². The molecule has 1 aromatic carbocycles. The number of nitrogens with one attached hydrogen (secondary N) is 1. The average molecular weight is 271 g/mol. The van der Waals surface area contributed by atoms with Crippen LogP contribution in [0, 0.1) is 6.92 Å². The van der Waals surface area contributed by atoms with E-state index in [9.17, 15) is 4.79 Å². The van der Waals surface area contributed by atoms with Crippen molar-refractivity contribution < 1.29 is 9.53 Å². The SMILES string of the molecule is CCOc1cc(N)cc(C(=O)Nc2cc(C)ccn2)c1. The number of nitrogen functional groups attached to an aromatic ring is 1. The van der Waals surface area contributed by atoms with Gasteiger partial charge in [-0.3, -0.25) is 4.79 Å². The minimum Gasteiger partial charge on any atom is -0.494 e. The normalized spacial score (nSPS) is 10.1. The monoisotopic (exact) mass is 271 g/mol. The van der Waals surface area contributed by atoms with Gasteiger partial charge in [0.25, 0.3) is 5.91 Å². The molecule has 0 fully saturated rings. The van der Waals surface area contributed by atoms with Crippen LogP contribution in [0.4, 0.5) is 11.5 Å². The summed E-state index contributed by atoms with van der Waals surface area (Å²) in [5, 5.41) is 2.73. The molecule has 2 rings (SSSR count). The van der Waals surface area contributed by atoms with Gasteiger partial charge in [-0.25, -0.2) is 4.98 Å². The Kier molecular flexibility index (Phi) is 4.20. The van der Waals surface area contributed by atoms with Crippen LogP contribution in [0.2, 0.25) is 0 Å². The number of hydrogen-bond acceptors (Lipinski definition) is 4. The number of aromatic nitrogens is 1. The molecule has 2 aromatic rings. The van der Waals surface area contributed by atoms with Crippen molar-refractivity contribution in [3.63, 3.8) is 0 Å². The summed E-state index contributed by atoms with van der Waals surface area (Å²) in [7, 11) is 0. The molecule has 5 heteroatoms. The van der Waals surface area contributed by atoms with Gasteiger partial charge in [0.1, 0.15) is 11.6 Å². The standard InChI is InChI=1S/C15H17N3O2/c1-3-20-13-8-11(7-12(16)9-13)15(19)18-14-6-10(2)4-5-17-14/h4-9H,3,16H2,1-2H3,(H,17,18,19). The summed E-state index contributed by atoms with van der Waals surface area (Å²) < 4.78 is 5.37. The number of carbonyl (C=O) groups is 1. The van der Waals surface area contributed by atoms with Crippen molar-refractivity contribution in [1.29, 1.82) is 0 Å². The molecule has 0 unspecified atom stereocenters. The van der Waals surface area contributed by atoms with E-state index in [1.165, 1.54) is 0 Å². The van der Waals surface area contributed by atoms with Gasteiger partial charge in [0, 0.05) is 23.5 Å². The fourth-order valence-corrected chi connectivity index (χ4v) is 1.80. The highest BCUT2D eigenvalue weighted by molar-refractivity contribution is 6.04. The lowest BCUT2D eigenvalue weighted by molar-refractivity contribution is 0.102. The minimum atomic E-state index is -0.267. The Morgan fingerprint density at radius 2 is 2.15 bits per heavy atom. The van der Waals surface area contributed by atoms with E-state index in [0.29, 0.717) is 29.4 Å². The lowest BCUT2D eigenvalue weighted by Gasteiger charge is -2.09. The lowest BCUT2D eigenvalue weighted by atomic mass is 10.1. The fourth-order valence-electron chi connectivity index (χ4n) is 1.80. The second kappa shape index (κ2) is 6.06. The summed E-state index contributed by atoms with van der Waals surface area (Å²) in [6.45, 7) is 4.33. The summed E-state index contributed by atoms with van der Waals surface area (Å²) in [5.41, 5.74) is 7.72. The van der Waals surface area contributed by atoms with Gasteiger partial charge < -0.3 is 15.8 Å². The van der Waals surface area contributed by atoms with Crippen molar-refractivity contribution in [3.8, 4) is 5.75 Å². The Hall–Kier alpha value is -2.56. The Bertz CT molecular complexity index is 626. The molecule has 5 nitrogen and oxygen atoms in total. The van der Waals surface area contributed by atoms with Gasteiger partial charge in [-0.15, -0.1) is 0 Å². The number of ether oxygens (including phenoxy) is 1. The van der Waals surface area contributed by atoms with Gasteiger partial charge in [0.05, 0.1) is 6.61 Å². The van der Waals surface area contributed by atoms with Crippen molar-refractivity contribution in [1.82, 2.24) is 4.98 Å². The average Bonchev–Trinajstić information content (AvgIpc) is 2.38. The van der Waals surface area contributed by atoms with Gasteiger partial charge >= 0.3 is 0 Å². The molecule has 1 aromatic heterocycles. The van der Waals surface area contributed by atoms with E-state index < -0.39 is 0 Å². The predicted octanol–water partition coefficient (Wildman–Crippen LogP) is 2.62. The van der Waals surface area contributed by atoms with Crippen molar-refractivity contribution >= 4 is 17.4 Å². The maximum Gasteiger partial charge on any atom is 0.257 e. The molecule has 20 heavy (non-hydrogen) atoms. The van der Waals surface area contributed by atoms with Crippen LogP contribution in [0.5, 0.6) is 5.75 Å². The molecule has 1 heterocycles. The van der Waals surface area contributed by atoms with E-state index in [2.05, 4.69) is 10.3 Å². The van der Waals surface area contributed by atoms with Crippen LogP contribution in [0.3, 0.4) is 0 Å². The maximum atomic E-state index is 12.2. The summed E-state index contributed by atoms with van der Waals surface area (Å²) in [4.78, 5) is 16.3. The lowest BCUT2D eigenvalue weighted by Crippen LogP contribution is -2.13. The minimum absolute atomic E-state index is 0.267. The first-order valence-corrected chi connectivity index (χ1v) is 6.36. The maximum absolute atomic E-state index is 12.2. The van der Waals surface area contributed by atoms with Crippen molar-refractivity contribution in [2.24, 2.45) is 0 Å². The van der Waals surface area contributed by atoms with Gasteiger partial charge in [0.15, 0.2) is 0 Å². The molecule has 0 aliphatic carbocycles. The molecule has 0 atom stereocenters. The van der Waals surface area contributed by atoms with E-state index in [4.69, 9.17) is 10.5 Å². The number of nitrogens with two attached hydrogens (primary N) is 1. The van der Waals surface area contributed by atoms with E-state index in [1.54, 1.807) is 30.5 Å². The molecule has 0 saturated heterocycles. The zero-order valence-electron chi connectivity index (χ0n) is 11.5. The van der Waals surface area contributed by atoms with Crippen molar-refractivity contribution in [2.75, 3.05) is 17.7 Å². The van der Waals surface area contributed by atoms with Crippen LogP contribution in [0.25, 0.3) is 0 Å². The first kappa shape index (κ1) is 13.9. The molecule has 0 saturated carbocycles. The predicted molar refractivity (Wildman–Crippen MR) is 79.0 cm³/mol. The van der Waals surface area contributed by atoms with Crippen LogP contribution in [0.15, 0.2) is 36.5 Å². The molecule has 104 valence electrons. The summed E-state index contributed by atoms with van der Waals surface area (Å²) in [5.74, 6) is 0.821. The molecule has 0 radical (unpaired) electrons. The van der Waals surface area contributed by atoms with E-state index >= 15 is 0 Å². The van der Waals surface area contributed by atoms with Crippen LogP contribution < -0.4 is 15.8 Å². The smallest absolute Gasteiger partial charge is 0.257 e. The Labute approximate surface area is 117 Å². The van der Waals surface area contributed by atoms with Gasteiger partial charge in [0.2, 0.25) is 0 Å². The topological polar surface area (TPSA) is 77.2 Å². The zero-order valence-corrected chi connectivity index (χ0v) is 11.5. The van der Waals surface area contributed by atoms with Crippen molar-refractivity contribution in [3.05, 3.63) is 47.7 Å². The van der Waals surface area contributed by atoms with Crippen LogP contribution in [-0.2, 0) is 0 Å². The highest BCUT2D eigenvalue weighted by atomic mass is 16.5. The van der Waals surface area contributed by atoms with E-state index in [-0.39, 0.29) is 5.91 Å².